The zero-order valence-corrected chi connectivity index (χ0v) is 14.9. The van der Waals surface area contributed by atoms with Gasteiger partial charge in [0.25, 0.3) is 0 Å². The lowest BCUT2D eigenvalue weighted by atomic mass is 9.71. The van der Waals surface area contributed by atoms with Gasteiger partial charge in [0, 0.05) is 6.42 Å². The second-order valence-electron chi connectivity index (χ2n) is 7.81. The number of hydrogen-bond donors (Lipinski definition) is 0. The Morgan fingerprint density at radius 2 is 2.05 bits per heavy atom. The maximum Gasteiger partial charge on any atom is 0.306 e. The Morgan fingerprint density at radius 3 is 2.73 bits per heavy atom. The van der Waals surface area contributed by atoms with E-state index in [-0.39, 0.29) is 5.97 Å². The molecule has 2 aliphatic carbocycles. The summed E-state index contributed by atoms with van der Waals surface area (Å²) in [4.78, 5) is 11.7. The highest BCUT2D eigenvalue weighted by Gasteiger charge is 2.35. The molecule has 0 N–H and O–H groups in total. The number of allylic oxidation sites excluding steroid dienone is 3. The highest BCUT2D eigenvalue weighted by molar-refractivity contribution is 5.69. The molecule has 0 aromatic heterocycles. The third kappa shape index (κ3) is 4.24. The Labute approximate surface area is 136 Å². The van der Waals surface area contributed by atoms with Gasteiger partial charge in [0.1, 0.15) is 6.61 Å². The number of hydrogen-bond acceptors (Lipinski definition) is 2. The highest BCUT2D eigenvalue weighted by atomic mass is 16.5. The van der Waals surface area contributed by atoms with E-state index in [4.69, 9.17) is 4.74 Å². The van der Waals surface area contributed by atoms with Gasteiger partial charge < -0.3 is 4.74 Å². The van der Waals surface area contributed by atoms with Gasteiger partial charge in [-0.2, -0.15) is 0 Å². The molecule has 0 aromatic rings. The summed E-state index contributed by atoms with van der Waals surface area (Å²) >= 11 is 0. The normalized spacial score (nSPS) is 29.0. The summed E-state index contributed by atoms with van der Waals surface area (Å²) in [5.74, 6) is 2.50. The summed E-state index contributed by atoms with van der Waals surface area (Å²) in [5.41, 5.74) is 4.51. The molecule has 2 heteroatoms. The first-order chi connectivity index (χ1) is 10.4. The molecule has 1 fully saturated rings. The molecule has 0 radical (unpaired) electrons. The van der Waals surface area contributed by atoms with E-state index in [0.29, 0.717) is 24.9 Å². The maximum atomic E-state index is 11.7. The molecule has 0 heterocycles. The van der Waals surface area contributed by atoms with Gasteiger partial charge in [-0.05, 0) is 68.8 Å². The first-order valence-corrected chi connectivity index (χ1v) is 8.91. The van der Waals surface area contributed by atoms with Crippen LogP contribution < -0.4 is 0 Å². The van der Waals surface area contributed by atoms with E-state index in [2.05, 4.69) is 26.8 Å². The van der Waals surface area contributed by atoms with E-state index < -0.39 is 0 Å². The molecule has 2 nitrogen and oxygen atoms in total. The highest BCUT2D eigenvalue weighted by Crippen LogP contribution is 2.48. The van der Waals surface area contributed by atoms with E-state index in [1.165, 1.54) is 31.3 Å². The molecule has 22 heavy (non-hydrogen) atoms. The van der Waals surface area contributed by atoms with Crippen LogP contribution in [0.3, 0.4) is 0 Å². The molecule has 0 aliphatic heterocycles. The zero-order chi connectivity index (χ0) is 16.3. The smallest absolute Gasteiger partial charge is 0.306 e. The summed E-state index contributed by atoms with van der Waals surface area (Å²) in [7, 11) is 0. The maximum absolute atomic E-state index is 11.7. The van der Waals surface area contributed by atoms with Crippen molar-refractivity contribution in [2.75, 3.05) is 6.61 Å². The Bertz CT molecular complexity index is 470. The van der Waals surface area contributed by atoms with Crippen molar-refractivity contribution >= 4 is 5.97 Å². The van der Waals surface area contributed by atoms with Crippen LogP contribution in [0.15, 0.2) is 22.8 Å². The summed E-state index contributed by atoms with van der Waals surface area (Å²) < 4.78 is 5.39. The standard InChI is InChI=1S/C20H32O2/c1-13(2)10-19(21)22-12-14(3)11-17-8-6-15(4)18-9-7-16(5)20(17)18/h11,13,15,17-18H,6-10,12H2,1-5H3/t15?,17-,18?/m0/s1. The number of fused-ring (bicyclic) bond motifs is 1. The third-order valence-corrected chi connectivity index (χ3v) is 5.26. The van der Waals surface area contributed by atoms with Crippen LogP contribution in [0, 0.1) is 23.7 Å². The summed E-state index contributed by atoms with van der Waals surface area (Å²) in [6.07, 6.45) is 8.07. The summed E-state index contributed by atoms with van der Waals surface area (Å²) in [6, 6.07) is 0. The van der Waals surface area contributed by atoms with E-state index in [1.807, 2.05) is 13.8 Å². The van der Waals surface area contributed by atoms with Gasteiger partial charge in [0.2, 0.25) is 0 Å². The average Bonchev–Trinajstić information content (AvgIpc) is 2.82. The predicted molar refractivity (Wildman–Crippen MR) is 91.5 cm³/mol. The van der Waals surface area contributed by atoms with E-state index in [1.54, 1.807) is 11.1 Å². The van der Waals surface area contributed by atoms with Crippen LogP contribution in [-0.4, -0.2) is 12.6 Å². The molecule has 0 saturated heterocycles. The fourth-order valence-electron chi connectivity index (χ4n) is 4.12. The SMILES string of the molecule is CC(=C[C@@H]1CCC(C)C2CCC(C)=C21)COC(=O)CC(C)C. The van der Waals surface area contributed by atoms with Gasteiger partial charge in [0.05, 0.1) is 0 Å². The van der Waals surface area contributed by atoms with Crippen LogP contribution in [-0.2, 0) is 9.53 Å². The monoisotopic (exact) mass is 304 g/mol. The predicted octanol–water partition coefficient (Wildman–Crippen LogP) is 5.29. The fourth-order valence-corrected chi connectivity index (χ4v) is 4.12. The van der Waals surface area contributed by atoms with Gasteiger partial charge in [-0.25, -0.2) is 0 Å². The van der Waals surface area contributed by atoms with Crippen LogP contribution >= 0.6 is 0 Å². The molecule has 0 amide bonds. The third-order valence-electron chi connectivity index (χ3n) is 5.26. The van der Waals surface area contributed by atoms with Crippen molar-refractivity contribution in [2.45, 2.75) is 66.7 Å². The molecule has 2 aliphatic rings. The van der Waals surface area contributed by atoms with Crippen LogP contribution in [0.5, 0.6) is 0 Å². The lowest BCUT2D eigenvalue weighted by Gasteiger charge is -2.34. The minimum Gasteiger partial charge on any atom is -0.461 e. The summed E-state index contributed by atoms with van der Waals surface area (Å²) in [6.45, 7) is 11.4. The quantitative estimate of drug-likeness (QED) is 0.509. The first-order valence-electron chi connectivity index (χ1n) is 8.91. The van der Waals surface area contributed by atoms with Crippen LogP contribution in [0.2, 0.25) is 0 Å². The average molecular weight is 304 g/mol. The molecule has 124 valence electrons. The number of ether oxygens (including phenoxy) is 1. The van der Waals surface area contributed by atoms with E-state index >= 15 is 0 Å². The minimum atomic E-state index is -0.0749. The van der Waals surface area contributed by atoms with Crippen molar-refractivity contribution in [3.05, 3.63) is 22.8 Å². The van der Waals surface area contributed by atoms with E-state index in [0.717, 1.165) is 11.8 Å². The molecular formula is C20H32O2. The van der Waals surface area contributed by atoms with Crippen molar-refractivity contribution in [3.63, 3.8) is 0 Å². The van der Waals surface area contributed by atoms with Gasteiger partial charge in [0.15, 0.2) is 0 Å². The second-order valence-corrected chi connectivity index (χ2v) is 7.81. The first kappa shape index (κ1) is 17.3. The zero-order valence-electron chi connectivity index (χ0n) is 14.9. The lowest BCUT2D eigenvalue weighted by molar-refractivity contribution is -0.143. The number of rotatable bonds is 5. The Hall–Kier alpha value is -1.05. The molecular weight excluding hydrogens is 272 g/mol. The molecule has 2 rings (SSSR count). The number of carbonyl (C=O) groups excluding carboxylic acids is 1. The van der Waals surface area contributed by atoms with Crippen molar-refractivity contribution in [1.82, 2.24) is 0 Å². The largest absolute Gasteiger partial charge is 0.461 e. The fraction of sp³-hybridized carbons (Fsp3) is 0.750. The van der Waals surface area contributed by atoms with Crippen molar-refractivity contribution in [1.29, 1.82) is 0 Å². The van der Waals surface area contributed by atoms with Gasteiger partial charge >= 0.3 is 5.97 Å². The van der Waals surface area contributed by atoms with Gasteiger partial charge in [-0.15, -0.1) is 0 Å². The van der Waals surface area contributed by atoms with Crippen LogP contribution in [0.1, 0.15) is 66.7 Å². The molecule has 2 unspecified atom stereocenters. The lowest BCUT2D eigenvalue weighted by Crippen LogP contribution is -2.23. The Kier molecular flexibility index (Phi) is 5.88. The van der Waals surface area contributed by atoms with Crippen LogP contribution in [0.25, 0.3) is 0 Å². The van der Waals surface area contributed by atoms with E-state index in [9.17, 15) is 4.79 Å². The number of carbonyl (C=O) groups is 1. The number of esters is 1. The van der Waals surface area contributed by atoms with Crippen molar-refractivity contribution < 1.29 is 9.53 Å². The molecule has 3 atom stereocenters. The van der Waals surface area contributed by atoms with Gasteiger partial charge in [-0.1, -0.05) is 38.0 Å². The second kappa shape index (κ2) is 7.48. The topological polar surface area (TPSA) is 26.3 Å². The Morgan fingerprint density at radius 1 is 1.32 bits per heavy atom. The molecule has 0 aromatic carbocycles. The Balaban J connectivity index is 1.96. The van der Waals surface area contributed by atoms with Crippen molar-refractivity contribution in [3.8, 4) is 0 Å². The summed E-state index contributed by atoms with van der Waals surface area (Å²) in [5, 5.41) is 0. The molecule has 0 spiro atoms. The molecule has 0 bridgehead atoms. The van der Waals surface area contributed by atoms with Crippen molar-refractivity contribution in [2.24, 2.45) is 23.7 Å². The molecule has 1 saturated carbocycles. The minimum absolute atomic E-state index is 0.0749. The van der Waals surface area contributed by atoms with Gasteiger partial charge in [-0.3, -0.25) is 4.79 Å². The van der Waals surface area contributed by atoms with Crippen LogP contribution in [0.4, 0.5) is 0 Å².